The Kier molecular flexibility index (Phi) is 5.67. The molecule has 5 nitrogen and oxygen atoms in total. The Bertz CT molecular complexity index is 532. The van der Waals surface area contributed by atoms with E-state index in [4.69, 9.17) is 17.5 Å². The van der Waals surface area contributed by atoms with Gasteiger partial charge in [0.1, 0.15) is 0 Å². The number of benzene rings is 1. The van der Waals surface area contributed by atoms with Gasteiger partial charge in [0, 0.05) is 44.7 Å². The van der Waals surface area contributed by atoms with Gasteiger partial charge in [0.15, 0.2) is 5.11 Å². The van der Waals surface area contributed by atoms with E-state index >= 15 is 0 Å². The van der Waals surface area contributed by atoms with Crippen LogP contribution in [0.4, 0.5) is 0 Å². The van der Waals surface area contributed by atoms with Crippen molar-refractivity contribution < 1.29 is 4.79 Å². The number of carbonyl (C=O) groups excluding carboxylic acids is 1. The zero-order valence-corrected chi connectivity index (χ0v) is 12.6. The molecule has 0 unspecified atom stereocenters. The topological polar surface area (TPSA) is 59.4 Å². The smallest absolute Gasteiger partial charge is 0.257 e. The summed E-state index contributed by atoms with van der Waals surface area (Å²) in [6, 6.07) is 11.2. The minimum absolute atomic E-state index is 0.174. The molecule has 0 aliphatic carbocycles. The number of rotatable bonds is 3. The number of piperazine rings is 1. The Labute approximate surface area is 130 Å². The molecule has 1 aromatic carbocycles. The Balaban J connectivity index is 1.80. The Morgan fingerprint density at radius 3 is 2.52 bits per heavy atom. The molecule has 6 heteroatoms. The lowest BCUT2D eigenvalue weighted by molar-refractivity contribution is 0.0969. The lowest BCUT2D eigenvalue weighted by Gasteiger charge is -2.35. The van der Waals surface area contributed by atoms with Crippen LogP contribution in [0.25, 0.3) is 0 Å². The molecule has 1 fully saturated rings. The first kappa shape index (κ1) is 15.4. The number of thiocarbonyl (C=S) groups is 1. The van der Waals surface area contributed by atoms with Crippen LogP contribution >= 0.6 is 12.2 Å². The van der Waals surface area contributed by atoms with Gasteiger partial charge in [0.05, 0.1) is 6.07 Å². The fraction of sp³-hybridized carbons (Fsp3) is 0.400. The molecule has 1 N–H and O–H groups in total. The minimum Gasteiger partial charge on any atom is -0.346 e. The van der Waals surface area contributed by atoms with Gasteiger partial charge in [0.25, 0.3) is 5.91 Å². The maximum Gasteiger partial charge on any atom is 0.257 e. The average molecular weight is 302 g/mol. The SMILES string of the molecule is N#CCCN1CCN(C(=S)NC(=O)c2ccccc2)CC1. The average Bonchev–Trinajstić information content (AvgIpc) is 2.54. The van der Waals surface area contributed by atoms with Crippen LogP contribution in [-0.2, 0) is 0 Å². The zero-order valence-electron chi connectivity index (χ0n) is 11.8. The van der Waals surface area contributed by atoms with Crippen molar-refractivity contribution in [1.82, 2.24) is 15.1 Å². The van der Waals surface area contributed by atoms with Crippen LogP contribution in [0.5, 0.6) is 0 Å². The number of nitrogens with zero attached hydrogens (tertiary/aromatic N) is 3. The normalized spacial score (nSPS) is 15.3. The summed E-state index contributed by atoms with van der Waals surface area (Å²) in [5.41, 5.74) is 0.604. The van der Waals surface area contributed by atoms with Gasteiger partial charge < -0.3 is 4.90 Å². The molecule has 1 heterocycles. The lowest BCUT2D eigenvalue weighted by Crippen LogP contribution is -2.52. The molecule has 1 amide bonds. The molecule has 0 atom stereocenters. The molecular formula is C15H18N4OS. The molecular weight excluding hydrogens is 284 g/mol. The third-order valence-electron chi connectivity index (χ3n) is 3.46. The Morgan fingerprint density at radius 2 is 1.90 bits per heavy atom. The van der Waals surface area contributed by atoms with Crippen LogP contribution < -0.4 is 5.32 Å². The number of amides is 1. The predicted octanol–water partition coefficient (Wildman–Crippen LogP) is 1.23. The molecule has 2 rings (SSSR count). The van der Waals surface area contributed by atoms with Crippen molar-refractivity contribution in [2.45, 2.75) is 6.42 Å². The van der Waals surface area contributed by atoms with Crippen LogP contribution in [0.2, 0.25) is 0 Å². The summed E-state index contributed by atoms with van der Waals surface area (Å²) in [6.45, 7) is 4.08. The van der Waals surface area contributed by atoms with E-state index in [0.717, 1.165) is 32.7 Å². The quantitative estimate of drug-likeness (QED) is 0.851. The molecule has 0 aromatic heterocycles. The maximum atomic E-state index is 12.0. The molecule has 0 bridgehead atoms. The largest absolute Gasteiger partial charge is 0.346 e. The van der Waals surface area contributed by atoms with Gasteiger partial charge in [-0.05, 0) is 24.4 Å². The molecule has 1 aliphatic heterocycles. The van der Waals surface area contributed by atoms with E-state index in [9.17, 15) is 4.79 Å². The van der Waals surface area contributed by atoms with E-state index in [1.54, 1.807) is 12.1 Å². The molecule has 110 valence electrons. The maximum absolute atomic E-state index is 12.0. The van der Waals surface area contributed by atoms with E-state index in [0.29, 0.717) is 17.1 Å². The van der Waals surface area contributed by atoms with Crippen LogP contribution in [-0.4, -0.2) is 53.5 Å². The summed E-state index contributed by atoms with van der Waals surface area (Å²) in [5, 5.41) is 11.8. The number of nitriles is 1. The highest BCUT2D eigenvalue weighted by molar-refractivity contribution is 7.80. The van der Waals surface area contributed by atoms with Crippen molar-refractivity contribution in [2.75, 3.05) is 32.7 Å². The fourth-order valence-electron chi connectivity index (χ4n) is 2.22. The van der Waals surface area contributed by atoms with Gasteiger partial charge in [-0.15, -0.1) is 0 Å². The number of carbonyl (C=O) groups is 1. The standard InChI is InChI=1S/C15H18N4OS/c16-7-4-8-18-9-11-19(12-10-18)15(21)17-14(20)13-5-2-1-3-6-13/h1-3,5-6H,4,8-12H2,(H,17,20,21). The predicted molar refractivity (Wildman–Crippen MR) is 84.7 cm³/mol. The third-order valence-corrected chi connectivity index (χ3v) is 3.82. The molecule has 0 radical (unpaired) electrons. The first-order valence-electron chi connectivity index (χ1n) is 6.95. The van der Waals surface area contributed by atoms with Gasteiger partial charge in [-0.2, -0.15) is 5.26 Å². The summed E-state index contributed by atoms with van der Waals surface area (Å²) in [7, 11) is 0. The third kappa shape index (κ3) is 4.52. The first-order chi connectivity index (χ1) is 10.2. The van der Waals surface area contributed by atoms with Crippen molar-refractivity contribution >= 4 is 23.2 Å². The summed E-state index contributed by atoms with van der Waals surface area (Å²) < 4.78 is 0. The molecule has 1 aromatic rings. The number of hydrogen-bond acceptors (Lipinski definition) is 4. The highest BCUT2D eigenvalue weighted by Crippen LogP contribution is 2.04. The van der Waals surface area contributed by atoms with Gasteiger partial charge in [0.2, 0.25) is 0 Å². The number of hydrogen-bond donors (Lipinski definition) is 1. The van der Waals surface area contributed by atoms with Crippen LogP contribution in [0, 0.1) is 11.3 Å². The van der Waals surface area contributed by atoms with Gasteiger partial charge >= 0.3 is 0 Å². The van der Waals surface area contributed by atoms with E-state index in [2.05, 4.69) is 16.3 Å². The van der Waals surface area contributed by atoms with Crippen LogP contribution in [0.15, 0.2) is 30.3 Å². The minimum atomic E-state index is -0.174. The Hall–Kier alpha value is -1.97. The van der Waals surface area contributed by atoms with E-state index in [-0.39, 0.29) is 5.91 Å². The van der Waals surface area contributed by atoms with Crippen molar-refractivity contribution in [3.05, 3.63) is 35.9 Å². The van der Waals surface area contributed by atoms with Crippen molar-refractivity contribution in [2.24, 2.45) is 0 Å². The molecule has 1 saturated heterocycles. The number of nitrogens with one attached hydrogen (secondary N) is 1. The van der Waals surface area contributed by atoms with E-state index in [1.165, 1.54) is 0 Å². The second kappa shape index (κ2) is 7.72. The molecule has 1 aliphatic rings. The summed E-state index contributed by atoms with van der Waals surface area (Å²) in [5.74, 6) is -0.174. The second-order valence-electron chi connectivity index (χ2n) is 4.86. The van der Waals surface area contributed by atoms with E-state index < -0.39 is 0 Å². The van der Waals surface area contributed by atoms with Crippen LogP contribution in [0.3, 0.4) is 0 Å². The Morgan fingerprint density at radius 1 is 1.24 bits per heavy atom. The molecule has 0 saturated carbocycles. The van der Waals surface area contributed by atoms with Crippen molar-refractivity contribution in [3.63, 3.8) is 0 Å². The summed E-state index contributed by atoms with van der Waals surface area (Å²) >= 11 is 5.30. The molecule has 21 heavy (non-hydrogen) atoms. The van der Waals surface area contributed by atoms with Gasteiger partial charge in [-0.1, -0.05) is 18.2 Å². The summed E-state index contributed by atoms with van der Waals surface area (Å²) in [4.78, 5) is 16.3. The highest BCUT2D eigenvalue weighted by atomic mass is 32.1. The second-order valence-corrected chi connectivity index (χ2v) is 5.25. The van der Waals surface area contributed by atoms with Crippen LogP contribution in [0.1, 0.15) is 16.8 Å². The fourth-order valence-corrected chi connectivity index (χ4v) is 2.50. The van der Waals surface area contributed by atoms with Gasteiger partial charge in [-0.3, -0.25) is 15.0 Å². The van der Waals surface area contributed by atoms with Crippen molar-refractivity contribution in [1.29, 1.82) is 5.26 Å². The molecule has 0 spiro atoms. The monoisotopic (exact) mass is 302 g/mol. The highest BCUT2D eigenvalue weighted by Gasteiger charge is 2.19. The van der Waals surface area contributed by atoms with Gasteiger partial charge in [-0.25, -0.2) is 0 Å². The van der Waals surface area contributed by atoms with Crippen molar-refractivity contribution in [3.8, 4) is 6.07 Å². The first-order valence-corrected chi connectivity index (χ1v) is 7.36. The zero-order chi connectivity index (χ0) is 15.1. The lowest BCUT2D eigenvalue weighted by atomic mass is 10.2. The van der Waals surface area contributed by atoms with E-state index in [1.807, 2.05) is 23.1 Å². The summed E-state index contributed by atoms with van der Waals surface area (Å²) in [6.07, 6.45) is 0.551.